The number of nitrogens with one attached hydrogen (secondary N) is 1. The number of nitrogens with zero attached hydrogens (tertiary/aromatic N) is 1. The maximum atomic E-state index is 12.3. The highest BCUT2D eigenvalue weighted by molar-refractivity contribution is 6.31. The summed E-state index contributed by atoms with van der Waals surface area (Å²) in [5.41, 5.74) is 2.10. The van der Waals surface area contributed by atoms with Crippen molar-refractivity contribution >= 4 is 23.4 Å². The monoisotopic (exact) mass is 356 g/mol. The van der Waals surface area contributed by atoms with Gasteiger partial charge in [-0.3, -0.25) is 14.5 Å². The van der Waals surface area contributed by atoms with E-state index in [4.69, 9.17) is 11.6 Å². The highest BCUT2D eigenvalue weighted by Crippen LogP contribution is 2.23. The van der Waals surface area contributed by atoms with Crippen LogP contribution in [0.25, 0.3) is 0 Å². The van der Waals surface area contributed by atoms with Gasteiger partial charge in [0.25, 0.3) is 11.8 Å². The van der Waals surface area contributed by atoms with Gasteiger partial charge in [-0.25, -0.2) is 0 Å². The highest BCUT2D eigenvalue weighted by atomic mass is 35.5. The molecule has 1 aliphatic heterocycles. The Morgan fingerprint density at radius 2 is 1.56 bits per heavy atom. The second-order valence-electron chi connectivity index (χ2n) is 6.21. The van der Waals surface area contributed by atoms with Crippen LogP contribution in [-0.4, -0.2) is 29.8 Å². The van der Waals surface area contributed by atoms with Gasteiger partial charge in [0.2, 0.25) is 0 Å². The largest absolute Gasteiger partial charge is 0.310 e. The Hall–Kier alpha value is -2.17. The van der Waals surface area contributed by atoms with Crippen LogP contribution in [0.4, 0.5) is 0 Å². The van der Waals surface area contributed by atoms with E-state index in [0.717, 1.165) is 30.0 Å². The SMILES string of the molecule is CC(NCCCCN1C(=O)c2ccccc2C1=O)c1ccccc1Cl. The molecular formula is C20H21ClN2O2. The molecule has 1 unspecified atom stereocenters. The predicted molar refractivity (Wildman–Crippen MR) is 98.9 cm³/mol. The molecule has 1 atom stereocenters. The van der Waals surface area contributed by atoms with Crippen molar-refractivity contribution in [1.29, 1.82) is 0 Å². The lowest BCUT2D eigenvalue weighted by molar-refractivity contribution is 0.0651. The Balaban J connectivity index is 1.45. The summed E-state index contributed by atoms with van der Waals surface area (Å²) >= 11 is 6.20. The van der Waals surface area contributed by atoms with Gasteiger partial charge in [0.05, 0.1) is 11.1 Å². The molecule has 2 aromatic carbocycles. The molecule has 0 fully saturated rings. The summed E-state index contributed by atoms with van der Waals surface area (Å²) in [5.74, 6) is -0.365. The molecule has 0 radical (unpaired) electrons. The van der Waals surface area contributed by atoms with Crippen molar-refractivity contribution in [2.24, 2.45) is 0 Å². The average Bonchev–Trinajstić information content (AvgIpc) is 2.86. The van der Waals surface area contributed by atoms with Gasteiger partial charge in [0.15, 0.2) is 0 Å². The van der Waals surface area contributed by atoms with Crippen LogP contribution in [0.3, 0.4) is 0 Å². The standard InChI is InChI=1S/C20H21ClN2O2/c1-14(15-8-4-5-11-18(15)21)22-12-6-7-13-23-19(24)16-9-2-3-10-17(16)20(23)25/h2-5,8-11,14,22H,6-7,12-13H2,1H3. The zero-order valence-corrected chi connectivity index (χ0v) is 14.9. The number of hydrogen-bond acceptors (Lipinski definition) is 3. The van der Waals surface area contributed by atoms with E-state index in [0.29, 0.717) is 17.7 Å². The fraction of sp³-hybridized carbons (Fsp3) is 0.300. The van der Waals surface area contributed by atoms with Gasteiger partial charge in [-0.2, -0.15) is 0 Å². The van der Waals surface area contributed by atoms with Gasteiger partial charge >= 0.3 is 0 Å². The van der Waals surface area contributed by atoms with Crippen molar-refractivity contribution in [3.63, 3.8) is 0 Å². The van der Waals surface area contributed by atoms with E-state index in [9.17, 15) is 9.59 Å². The number of amides is 2. The van der Waals surface area contributed by atoms with Gasteiger partial charge < -0.3 is 5.32 Å². The smallest absolute Gasteiger partial charge is 0.261 e. The van der Waals surface area contributed by atoms with E-state index >= 15 is 0 Å². The molecule has 25 heavy (non-hydrogen) atoms. The van der Waals surface area contributed by atoms with Crippen LogP contribution in [0.2, 0.25) is 5.02 Å². The topological polar surface area (TPSA) is 49.4 Å². The number of imide groups is 1. The van der Waals surface area contributed by atoms with Gasteiger partial charge in [0.1, 0.15) is 0 Å². The van der Waals surface area contributed by atoms with Gasteiger partial charge in [-0.15, -0.1) is 0 Å². The van der Waals surface area contributed by atoms with E-state index in [2.05, 4.69) is 12.2 Å². The van der Waals surface area contributed by atoms with Crippen LogP contribution in [0.1, 0.15) is 52.1 Å². The zero-order chi connectivity index (χ0) is 17.8. The zero-order valence-electron chi connectivity index (χ0n) is 14.2. The van der Waals surface area contributed by atoms with Crippen LogP contribution >= 0.6 is 11.6 Å². The lowest BCUT2D eigenvalue weighted by atomic mass is 10.1. The molecule has 2 amide bonds. The Morgan fingerprint density at radius 3 is 2.20 bits per heavy atom. The van der Waals surface area contributed by atoms with E-state index < -0.39 is 0 Å². The number of carbonyl (C=O) groups is 2. The number of unbranched alkanes of at least 4 members (excludes halogenated alkanes) is 1. The molecule has 0 bridgehead atoms. The maximum absolute atomic E-state index is 12.3. The Kier molecular flexibility index (Phi) is 5.51. The van der Waals surface area contributed by atoms with Crippen molar-refractivity contribution in [1.82, 2.24) is 10.2 Å². The van der Waals surface area contributed by atoms with E-state index in [1.54, 1.807) is 24.3 Å². The van der Waals surface area contributed by atoms with E-state index in [-0.39, 0.29) is 17.9 Å². The summed E-state index contributed by atoms with van der Waals surface area (Å²) in [5, 5.41) is 4.19. The second-order valence-corrected chi connectivity index (χ2v) is 6.62. The third-order valence-corrected chi connectivity index (χ3v) is 4.85. The number of fused-ring (bicyclic) bond motifs is 1. The molecule has 1 heterocycles. The number of benzene rings is 2. The average molecular weight is 357 g/mol. The van der Waals surface area contributed by atoms with Gasteiger partial charge in [-0.1, -0.05) is 41.9 Å². The predicted octanol–water partition coefficient (Wildman–Crippen LogP) is 4.07. The number of carbonyl (C=O) groups excluding carboxylic acids is 2. The van der Waals surface area contributed by atoms with Crippen LogP contribution < -0.4 is 5.32 Å². The molecule has 4 nitrogen and oxygen atoms in total. The first-order valence-corrected chi connectivity index (χ1v) is 8.90. The van der Waals surface area contributed by atoms with Crippen LogP contribution in [-0.2, 0) is 0 Å². The fourth-order valence-electron chi connectivity index (χ4n) is 3.09. The molecule has 3 rings (SSSR count). The van der Waals surface area contributed by atoms with Crippen molar-refractivity contribution in [2.75, 3.05) is 13.1 Å². The molecular weight excluding hydrogens is 336 g/mol. The molecule has 1 aliphatic rings. The van der Waals surface area contributed by atoms with Gasteiger partial charge in [0, 0.05) is 17.6 Å². The maximum Gasteiger partial charge on any atom is 0.261 e. The van der Waals surface area contributed by atoms with Gasteiger partial charge in [-0.05, 0) is 50.1 Å². The fourth-order valence-corrected chi connectivity index (χ4v) is 3.39. The quantitative estimate of drug-likeness (QED) is 0.601. The minimum atomic E-state index is -0.182. The lowest BCUT2D eigenvalue weighted by Gasteiger charge is -2.17. The molecule has 0 saturated heterocycles. The van der Waals surface area contributed by atoms with Crippen LogP contribution in [0, 0.1) is 0 Å². The van der Waals surface area contributed by atoms with Crippen molar-refractivity contribution in [3.05, 3.63) is 70.2 Å². The normalized spacial score (nSPS) is 14.7. The Morgan fingerprint density at radius 1 is 0.960 bits per heavy atom. The van der Waals surface area contributed by atoms with Crippen molar-refractivity contribution < 1.29 is 9.59 Å². The summed E-state index contributed by atoms with van der Waals surface area (Å²) in [6, 6.07) is 14.9. The highest BCUT2D eigenvalue weighted by Gasteiger charge is 2.34. The lowest BCUT2D eigenvalue weighted by Crippen LogP contribution is -2.31. The summed E-state index contributed by atoms with van der Waals surface area (Å²) in [6.45, 7) is 3.33. The third kappa shape index (κ3) is 3.75. The number of hydrogen-bond donors (Lipinski definition) is 1. The minimum Gasteiger partial charge on any atom is -0.310 e. The Labute approximate surface area is 152 Å². The molecule has 0 saturated carbocycles. The molecule has 2 aromatic rings. The molecule has 5 heteroatoms. The van der Waals surface area contributed by atoms with E-state index in [1.807, 2.05) is 24.3 Å². The minimum absolute atomic E-state index is 0.160. The number of halogens is 1. The molecule has 1 N–H and O–H groups in total. The molecule has 0 aromatic heterocycles. The van der Waals surface area contributed by atoms with Crippen molar-refractivity contribution in [3.8, 4) is 0 Å². The first-order valence-electron chi connectivity index (χ1n) is 8.52. The van der Waals surface area contributed by atoms with Crippen LogP contribution in [0.15, 0.2) is 48.5 Å². The number of rotatable bonds is 7. The summed E-state index contributed by atoms with van der Waals surface area (Å²) in [7, 11) is 0. The first kappa shape index (κ1) is 17.6. The molecule has 130 valence electrons. The summed E-state index contributed by atoms with van der Waals surface area (Å²) in [6.07, 6.45) is 1.65. The third-order valence-electron chi connectivity index (χ3n) is 4.51. The van der Waals surface area contributed by atoms with Crippen molar-refractivity contribution in [2.45, 2.75) is 25.8 Å². The molecule has 0 spiro atoms. The van der Waals surface area contributed by atoms with Crippen LogP contribution in [0.5, 0.6) is 0 Å². The second kappa shape index (κ2) is 7.81. The Bertz CT molecular complexity index is 756. The summed E-state index contributed by atoms with van der Waals surface area (Å²) < 4.78 is 0. The summed E-state index contributed by atoms with van der Waals surface area (Å²) in [4.78, 5) is 25.9. The molecule has 0 aliphatic carbocycles. The van der Waals surface area contributed by atoms with E-state index in [1.165, 1.54) is 4.90 Å². The first-order chi connectivity index (χ1) is 12.1.